The topological polar surface area (TPSA) is 47.6 Å². The summed E-state index contributed by atoms with van der Waals surface area (Å²) in [5, 5.41) is 3.38. The van der Waals surface area contributed by atoms with Gasteiger partial charge < -0.3 is 9.47 Å². The maximum atomic E-state index is 12.1. The van der Waals surface area contributed by atoms with Gasteiger partial charge in [-0.25, -0.2) is 4.79 Å². The molecule has 1 aromatic rings. The minimum absolute atomic E-state index is 0.258. The van der Waals surface area contributed by atoms with E-state index >= 15 is 0 Å². The van der Waals surface area contributed by atoms with Gasteiger partial charge in [-0.1, -0.05) is 19.1 Å². The summed E-state index contributed by atoms with van der Waals surface area (Å²) in [5.41, 5.74) is 0.110. The van der Waals surface area contributed by atoms with E-state index in [9.17, 15) is 4.79 Å². The van der Waals surface area contributed by atoms with Crippen LogP contribution < -0.4 is 10.1 Å². The van der Waals surface area contributed by atoms with E-state index in [4.69, 9.17) is 9.47 Å². The number of carbonyl (C=O) groups excluding carboxylic acids is 1. The molecule has 1 aromatic carbocycles. The minimum Gasteiger partial charge on any atom is -0.494 e. The van der Waals surface area contributed by atoms with Crippen molar-refractivity contribution >= 4 is 5.97 Å². The van der Waals surface area contributed by atoms with Crippen LogP contribution in [0.1, 0.15) is 38.7 Å². The molecule has 0 radical (unpaired) electrons. The van der Waals surface area contributed by atoms with Crippen molar-refractivity contribution in [2.75, 3.05) is 13.7 Å². The summed E-state index contributed by atoms with van der Waals surface area (Å²) >= 11 is 0. The fraction of sp³-hybridized carbons (Fsp3) is 0.562. The average Bonchev–Trinajstić information content (AvgIpc) is 3.28. The van der Waals surface area contributed by atoms with Crippen molar-refractivity contribution < 1.29 is 14.3 Å². The van der Waals surface area contributed by atoms with Crippen LogP contribution in [0.5, 0.6) is 5.75 Å². The molecule has 0 aromatic heterocycles. The Morgan fingerprint density at radius 2 is 2.00 bits per heavy atom. The molecule has 1 N–H and O–H groups in total. The third kappa shape index (κ3) is 3.31. The SMILES string of the molecule is CCCOc1ccc(C(C)(NC2CC2)C(=O)OC)cc1. The molecule has 110 valence electrons. The number of esters is 1. The normalized spacial score (nSPS) is 17.4. The summed E-state index contributed by atoms with van der Waals surface area (Å²) in [5.74, 6) is 0.570. The number of hydrogen-bond donors (Lipinski definition) is 1. The summed E-state index contributed by atoms with van der Waals surface area (Å²) in [7, 11) is 1.42. The molecule has 0 amide bonds. The summed E-state index contributed by atoms with van der Waals surface area (Å²) in [4.78, 5) is 12.1. The molecule has 0 aliphatic heterocycles. The lowest BCUT2D eigenvalue weighted by Crippen LogP contribution is -2.48. The summed E-state index contributed by atoms with van der Waals surface area (Å²) in [6.07, 6.45) is 3.21. The molecule has 1 atom stereocenters. The lowest BCUT2D eigenvalue weighted by Gasteiger charge is -2.28. The van der Waals surface area contributed by atoms with Gasteiger partial charge >= 0.3 is 5.97 Å². The maximum absolute atomic E-state index is 12.1. The molecule has 1 aliphatic rings. The van der Waals surface area contributed by atoms with Crippen LogP contribution in [-0.2, 0) is 15.1 Å². The van der Waals surface area contributed by atoms with Crippen molar-refractivity contribution in [1.82, 2.24) is 5.32 Å². The zero-order valence-electron chi connectivity index (χ0n) is 12.4. The van der Waals surface area contributed by atoms with Gasteiger partial charge in [0.1, 0.15) is 11.3 Å². The van der Waals surface area contributed by atoms with Gasteiger partial charge in [0.2, 0.25) is 0 Å². The first-order valence-electron chi connectivity index (χ1n) is 7.19. The van der Waals surface area contributed by atoms with Gasteiger partial charge in [-0.2, -0.15) is 0 Å². The Labute approximate surface area is 120 Å². The van der Waals surface area contributed by atoms with Gasteiger partial charge in [-0.05, 0) is 43.9 Å². The Hall–Kier alpha value is -1.55. The molecule has 1 aliphatic carbocycles. The van der Waals surface area contributed by atoms with Gasteiger partial charge in [0.25, 0.3) is 0 Å². The minimum atomic E-state index is -0.792. The Bertz CT molecular complexity index is 453. The van der Waals surface area contributed by atoms with Crippen molar-refractivity contribution in [2.24, 2.45) is 0 Å². The van der Waals surface area contributed by atoms with Crippen LogP contribution in [-0.4, -0.2) is 25.7 Å². The van der Waals surface area contributed by atoms with Crippen molar-refractivity contribution in [1.29, 1.82) is 0 Å². The second-order valence-corrected chi connectivity index (χ2v) is 5.41. The van der Waals surface area contributed by atoms with Gasteiger partial charge in [0.05, 0.1) is 13.7 Å². The first kappa shape index (κ1) is 14.9. The van der Waals surface area contributed by atoms with Gasteiger partial charge in [0, 0.05) is 6.04 Å². The fourth-order valence-electron chi connectivity index (χ4n) is 2.20. The Morgan fingerprint density at radius 3 is 2.50 bits per heavy atom. The molecule has 0 saturated heterocycles. The van der Waals surface area contributed by atoms with E-state index in [0.717, 1.165) is 30.6 Å². The quantitative estimate of drug-likeness (QED) is 0.778. The van der Waals surface area contributed by atoms with E-state index in [-0.39, 0.29) is 5.97 Å². The van der Waals surface area contributed by atoms with E-state index < -0.39 is 5.54 Å². The highest BCUT2D eigenvalue weighted by molar-refractivity contribution is 5.82. The van der Waals surface area contributed by atoms with E-state index in [1.807, 2.05) is 31.2 Å². The number of benzene rings is 1. The standard InChI is InChI=1S/C16H23NO3/c1-4-11-20-14-9-5-12(6-10-14)16(2,15(18)19-3)17-13-7-8-13/h5-6,9-10,13,17H,4,7-8,11H2,1-3H3. The molecule has 1 fully saturated rings. The lowest BCUT2D eigenvalue weighted by molar-refractivity contribution is -0.148. The lowest BCUT2D eigenvalue weighted by atomic mass is 9.91. The third-order valence-corrected chi connectivity index (χ3v) is 3.57. The van der Waals surface area contributed by atoms with Crippen LogP contribution in [0.15, 0.2) is 24.3 Å². The Morgan fingerprint density at radius 1 is 1.35 bits per heavy atom. The zero-order chi connectivity index (χ0) is 14.6. The zero-order valence-corrected chi connectivity index (χ0v) is 12.4. The number of hydrogen-bond acceptors (Lipinski definition) is 4. The van der Waals surface area contributed by atoms with Crippen molar-refractivity contribution in [3.63, 3.8) is 0 Å². The molecule has 0 spiro atoms. The predicted molar refractivity (Wildman–Crippen MR) is 77.8 cm³/mol. The van der Waals surface area contributed by atoms with Crippen LogP contribution in [0.25, 0.3) is 0 Å². The number of rotatable bonds is 7. The fourth-order valence-corrected chi connectivity index (χ4v) is 2.20. The molecular formula is C16H23NO3. The number of ether oxygens (including phenoxy) is 2. The first-order chi connectivity index (χ1) is 9.60. The first-order valence-corrected chi connectivity index (χ1v) is 7.19. The van der Waals surface area contributed by atoms with Crippen LogP contribution >= 0.6 is 0 Å². The van der Waals surface area contributed by atoms with Crippen LogP contribution in [0.2, 0.25) is 0 Å². The van der Waals surface area contributed by atoms with E-state index in [0.29, 0.717) is 12.6 Å². The highest BCUT2D eigenvalue weighted by Gasteiger charge is 2.40. The Kier molecular flexibility index (Phi) is 4.65. The molecule has 2 rings (SSSR count). The summed E-state index contributed by atoms with van der Waals surface area (Å²) in [6, 6.07) is 8.07. The van der Waals surface area contributed by atoms with Crippen molar-refractivity contribution in [2.45, 2.75) is 44.7 Å². The van der Waals surface area contributed by atoms with E-state index in [1.165, 1.54) is 7.11 Å². The second-order valence-electron chi connectivity index (χ2n) is 5.41. The number of methoxy groups -OCH3 is 1. The average molecular weight is 277 g/mol. The third-order valence-electron chi connectivity index (χ3n) is 3.57. The largest absolute Gasteiger partial charge is 0.494 e. The van der Waals surface area contributed by atoms with Crippen molar-refractivity contribution in [3.8, 4) is 5.75 Å². The molecule has 4 heteroatoms. The van der Waals surface area contributed by atoms with Crippen LogP contribution in [0, 0.1) is 0 Å². The maximum Gasteiger partial charge on any atom is 0.330 e. The molecule has 4 nitrogen and oxygen atoms in total. The van der Waals surface area contributed by atoms with Crippen LogP contribution in [0.3, 0.4) is 0 Å². The molecule has 1 saturated carbocycles. The summed E-state index contributed by atoms with van der Waals surface area (Å²) in [6.45, 7) is 4.65. The number of nitrogens with one attached hydrogen (secondary N) is 1. The highest BCUT2D eigenvalue weighted by Crippen LogP contribution is 2.30. The second kappa shape index (κ2) is 6.27. The molecule has 0 bridgehead atoms. The molecule has 20 heavy (non-hydrogen) atoms. The number of carbonyl (C=O) groups is 1. The van der Waals surface area contributed by atoms with Gasteiger partial charge in [-0.3, -0.25) is 5.32 Å². The predicted octanol–water partition coefficient (Wildman–Crippen LogP) is 2.62. The van der Waals surface area contributed by atoms with E-state index in [1.54, 1.807) is 0 Å². The van der Waals surface area contributed by atoms with Gasteiger partial charge in [-0.15, -0.1) is 0 Å². The smallest absolute Gasteiger partial charge is 0.330 e. The molecule has 1 unspecified atom stereocenters. The monoisotopic (exact) mass is 277 g/mol. The molecule has 0 heterocycles. The molecular weight excluding hydrogens is 254 g/mol. The van der Waals surface area contributed by atoms with Crippen molar-refractivity contribution in [3.05, 3.63) is 29.8 Å². The van der Waals surface area contributed by atoms with E-state index in [2.05, 4.69) is 12.2 Å². The summed E-state index contributed by atoms with van der Waals surface area (Å²) < 4.78 is 10.5. The van der Waals surface area contributed by atoms with Crippen LogP contribution in [0.4, 0.5) is 0 Å². The Balaban J connectivity index is 2.17. The highest BCUT2D eigenvalue weighted by atomic mass is 16.5. The van der Waals surface area contributed by atoms with Gasteiger partial charge in [0.15, 0.2) is 0 Å².